The number of halogens is 1. The summed E-state index contributed by atoms with van der Waals surface area (Å²) in [6, 6.07) is 2.94. The van der Waals surface area contributed by atoms with Gasteiger partial charge in [-0.1, -0.05) is 27.7 Å². The molecule has 2 amide bonds. The monoisotopic (exact) mass is 508 g/mol. The predicted molar refractivity (Wildman–Crippen MR) is 136 cm³/mol. The van der Waals surface area contributed by atoms with Crippen LogP contribution in [0.4, 0.5) is 15.9 Å². The lowest BCUT2D eigenvalue weighted by Crippen LogP contribution is -2.52. The highest BCUT2D eigenvalue weighted by atomic mass is 19.1. The number of pyridine rings is 1. The Hall–Kier alpha value is -2.46. The molecule has 10 heteroatoms. The van der Waals surface area contributed by atoms with Gasteiger partial charge < -0.3 is 30.5 Å². The van der Waals surface area contributed by atoms with Gasteiger partial charge in [0.2, 0.25) is 17.7 Å². The lowest BCUT2D eigenvalue weighted by Gasteiger charge is -2.37. The average Bonchev–Trinajstić information content (AvgIpc) is 3.60. The summed E-state index contributed by atoms with van der Waals surface area (Å²) in [5.41, 5.74) is -0.676. The number of nitrogens with zero attached hydrogens (tertiary/aromatic N) is 2. The van der Waals surface area contributed by atoms with Crippen LogP contribution in [0.25, 0.3) is 0 Å². The summed E-state index contributed by atoms with van der Waals surface area (Å²) in [6.07, 6.45) is 1.14. The summed E-state index contributed by atoms with van der Waals surface area (Å²) in [6.45, 7) is 8.38. The molecular formula is C26H41FN4O5. The van der Waals surface area contributed by atoms with Gasteiger partial charge in [0.25, 0.3) is 0 Å². The summed E-state index contributed by atoms with van der Waals surface area (Å²) < 4.78 is 19.4. The van der Waals surface area contributed by atoms with Crippen LogP contribution in [0.3, 0.4) is 0 Å². The molecule has 0 aromatic carbocycles. The Bertz CT molecular complexity index is 904. The van der Waals surface area contributed by atoms with E-state index in [1.54, 1.807) is 26.0 Å². The molecule has 0 spiro atoms. The largest absolute Gasteiger partial charge is 0.476 e. The second kappa shape index (κ2) is 12.2. The first-order valence-electron chi connectivity index (χ1n) is 13.0. The van der Waals surface area contributed by atoms with Crippen LogP contribution in [-0.2, 0) is 9.59 Å². The molecule has 202 valence electrons. The quantitative estimate of drug-likeness (QED) is 0.285. The first-order chi connectivity index (χ1) is 17.2. The van der Waals surface area contributed by atoms with Crippen molar-refractivity contribution in [1.82, 2.24) is 10.3 Å². The molecule has 1 aromatic rings. The van der Waals surface area contributed by atoms with E-state index in [9.17, 15) is 24.2 Å². The van der Waals surface area contributed by atoms with E-state index in [0.29, 0.717) is 24.6 Å². The van der Waals surface area contributed by atoms with Crippen LogP contribution in [-0.4, -0.2) is 72.1 Å². The summed E-state index contributed by atoms with van der Waals surface area (Å²) >= 11 is 0. The van der Waals surface area contributed by atoms with Crippen LogP contribution in [0.5, 0.6) is 5.88 Å². The zero-order valence-electron chi connectivity index (χ0n) is 21.8. The van der Waals surface area contributed by atoms with E-state index < -0.39 is 29.4 Å². The maximum atomic E-state index is 13.5. The van der Waals surface area contributed by atoms with Crippen LogP contribution < -0.4 is 20.3 Å². The number of aromatic nitrogens is 1. The fourth-order valence-electron chi connectivity index (χ4n) is 4.70. The molecule has 1 saturated heterocycles. The van der Waals surface area contributed by atoms with Gasteiger partial charge in [0.15, 0.2) is 0 Å². The fourth-order valence-corrected chi connectivity index (χ4v) is 4.70. The Labute approximate surface area is 212 Å². The Morgan fingerprint density at radius 3 is 2.42 bits per heavy atom. The van der Waals surface area contributed by atoms with E-state index in [1.807, 2.05) is 18.7 Å². The number of rotatable bonds is 14. The highest BCUT2D eigenvalue weighted by Crippen LogP contribution is 2.40. The third kappa shape index (κ3) is 6.45. The van der Waals surface area contributed by atoms with Crippen LogP contribution in [0.1, 0.15) is 53.4 Å². The van der Waals surface area contributed by atoms with Crippen molar-refractivity contribution in [3.8, 4) is 5.88 Å². The van der Waals surface area contributed by atoms with Crippen LogP contribution in [0.15, 0.2) is 12.1 Å². The van der Waals surface area contributed by atoms with Crippen molar-refractivity contribution in [2.75, 3.05) is 43.1 Å². The zero-order valence-corrected chi connectivity index (χ0v) is 21.8. The molecule has 0 unspecified atom stereocenters. The molecular weight excluding hydrogens is 467 g/mol. The molecule has 4 N–H and O–H groups in total. The topological polar surface area (TPSA) is 124 Å². The van der Waals surface area contributed by atoms with Crippen LogP contribution >= 0.6 is 0 Å². The number of carbonyl (C=O) groups excluding carboxylic acids is 2. The van der Waals surface area contributed by atoms with E-state index in [4.69, 9.17) is 4.74 Å². The summed E-state index contributed by atoms with van der Waals surface area (Å²) in [5, 5.41) is 24.6. The number of anilines is 2. The van der Waals surface area contributed by atoms with Crippen molar-refractivity contribution in [3.63, 3.8) is 0 Å². The standard InChI is InChI=1S/C26H41FN4O5/c1-5-26(6-2,24(34)28-20(14-33)9-16(3)4)25(35)30-22-8-7-21(31-11-19(27)12-31)23(29-22)36-15-18-10-17(18)13-32/h7-8,16-20,32-33H,5-6,9-15H2,1-4H3,(H,28,34)(H,29,30,35)/t17-,18-,20-/m0/s1. The maximum Gasteiger partial charge on any atom is 0.241 e. The maximum absolute atomic E-state index is 13.5. The molecule has 1 aliphatic heterocycles. The minimum Gasteiger partial charge on any atom is -0.476 e. The predicted octanol–water partition coefficient (Wildman–Crippen LogP) is 2.52. The normalized spacial score (nSPS) is 20.6. The molecule has 2 fully saturated rings. The van der Waals surface area contributed by atoms with Gasteiger partial charge in [-0.25, -0.2) is 4.39 Å². The van der Waals surface area contributed by atoms with Gasteiger partial charge in [-0.3, -0.25) is 9.59 Å². The molecule has 1 aliphatic carbocycles. The SMILES string of the molecule is CCC(CC)(C(=O)Nc1ccc(N2CC(F)C2)c(OC[C@@H]2C[C@H]2CO)n1)C(=O)N[C@H](CO)CC(C)C. The molecule has 2 aliphatic rings. The minimum atomic E-state index is -1.33. The first-order valence-corrected chi connectivity index (χ1v) is 13.0. The second-order valence-electron chi connectivity index (χ2n) is 10.5. The second-order valence-corrected chi connectivity index (χ2v) is 10.5. The van der Waals surface area contributed by atoms with E-state index in [1.165, 1.54) is 0 Å². The van der Waals surface area contributed by atoms with Gasteiger partial charge >= 0.3 is 0 Å². The van der Waals surface area contributed by atoms with Crippen molar-refractivity contribution in [2.24, 2.45) is 23.2 Å². The Kier molecular flexibility index (Phi) is 9.52. The average molecular weight is 509 g/mol. The Morgan fingerprint density at radius 1 is 1.19 bits per heavy atom. The number of ether oxygens (including phenoxy) is 1. The fraction of sp³-hybridized carbons (Fsp3) is 0.731. The van der Waals surface area contributed by atoms with Crippen molar-refractivity contribution in [3.05, 3.63) is 12.1 Å². The van der Waals surface area contributed by atoms with Crippen molar-refractivity contribution < 1.29 is 28.9 Å². The molecule has 3 rings (SSSR count). The molecule has 0 bridgehead atoms. The zero-order chi connectivity index (χ0) is 26.5. The number of nitrogens with one attached hydrogen (secondary N) is 2. The van der Waals surface area contributed by atoms with E-state index in [2.05, 4.69) is 15.6 Å². The van der Waals surface area contributed by atoms with Gasteiger partial charge in [-0.2, -0.15) is 4.98 Å². The summed E-state index contributed by atoms with van der Waals surface area (Å²) in [4.78, 5) is 33.0. The smallest absolute Gasteiger partial charge is 0.241 e. The molecule has 3 atom stereocenters. The summed E-state index contributed by atoms with van der Waals surface area (Å²) in [5.74, 6) is 0.382. The van der Waals surface area contributed by atoms with E-state index in [-0.39, 0.29) is 62.7 Å². The Morgan fingerprint density at radius 2 is 1.89 bits per heavy atom. The van der Waals surface area contributed by atoms with Gasteiger partial charge in [0.05, 0.1) is 32.3 Å². The van der Waals surface area contributed by atoms with Crippen molar-refractivity contribution in [1.29, 1.82) is 0 Å². The molecule has 1 aromatic heterocycles. The number of amides is 2. The number of hydrogen-bond acceptors (Lipinski definition) is 7. The minimum absolute atomic E-state index is 0.118. The first kappa shape index (κ1) is 28.1. The molecule has 1 saturated carbocycles. The third-order valence-electron chi connectivity index (χ3n) is 7.39. The molecule has 9 nitrogen and oxygen atoms in total. The number of alkyl halides is 1. The van der Waals surface area contributed by atoms with Crippen LogP contribution in [0.2, 0.25) is 0 Å². The van der Waals surface area contributed by atoms with E-state index >= 15 is 0 Å². The van der Waals surface area contributed by atoms with Crippen molar-refractivity contribution in [2.45, 2.75) is 65.6 Å². The highest BCUT2D eigenvalue weighted by molar-refractivity contribution is 6.10. The van der Waals surface area contributed by atoms with E-state index in [0.717, 1.165) is 6.42 Å². The molecule has 2 heterocycles. The number of hydrogen-bond donors (Lipinski definition) is 4. The van der Waals surface area contributed by atoms with Gasteiger partial charge in [0, 0.05) is 6.61 Å². The molecule has 36 heavy (non-hydrogen) atoms. The number of aliphatic hydroxyl groups excluding tert-OH is 2. The Balaban J connectivity index is 1.76. The van der Waals surface area contributed by atoms with Gasteiger partial charge in [-0.15, -0.1) is 0 Å². The van der Waals surface area contributed by atoms with Crippen molar-refractivity contribution >= 4 is 23.3 Å². The third-order valence-corrected chi connectivity index (χ3v) is 7.39. The highest BCUT2D eigenvalue weighted by Gasteiger charge is 2.44. The lowest BCUT2D eigenvalue weighted by molar-refractivity contribution is -0.142. The van der Waals surface area contributed by atoms with Gasteiger partial charge in [-0.05, 0) is 55.6 Å². The number of carbonyl (C=O) groups is 2. The lowest BCUT2D eigenvalue weighted by atomic mass is 9.80. The summed E-state index contributed by atoms with van der Waals surface area (Å²) in [7, 11) is 0. The molecule has 0 radical (unpaired) electrons. The number of aliphatic hydroxyl groups is 2. The van der Waals surface area contributed by atoms with Gasteiger partial charge in [0.1, 0.15) is 23.1 Å². The van der Waals surface area contributed by atoms with Crippen LogP contribution in [0, 0.1) is 23.2 Å².